The first-order chi connectivity index (χ1) is 9.61. The zero-order valence-corrected chi connectivity index (χ0v) is 11.7. The monoisotopic (exact) mass is 279 g/mol. The molecule has 1 aliphatic carbocycles. The summed E-state index contributed by atoms with van der Waals surface area (Å²) < 4.78 is 5.44. The summed E-state index contributed by atoms with van der Waals surface area (Å²) in [6.45, 7) is 1.96. The smallest absolute Gasteiger partial charge is 0.287 e. The summed E-state index contributed by atoms with van der Waals surface area (Å²) in [4.78, 5) is 12.3. The molecule has 1 fully saturated rings. The number of nitrogens with zero attached hydrogens (tertiary/aromatic N) is 1. The third-order valence-electron chi connectivity index (χ3n) is 3.89. The first-order valence-corrected chi connectivity index (χ1v) is 7.00. The van der Waals surface area contributed by atoms with Gasteiger partial charge in [-0.2, -0.15) is 0 Å². The Balaban J connectivity index is 2.17. The highest BCUT2D eigenvalue weighted by molar-refractivity contribution is 5.98. The summed E-state index contributed by atoms with van der Waals surface area (Å²) in [7, 11) is 0. The number of carbonyl (C=O) groups excluding carboxylic acids is 1. The van der Waals surface area contributed by atoms with E-state index in [9.17, 15) is 4.79 Å². The van der Waals surface area contributed by atoms with Crippen molar-refractivity contribution in [2.45, 2.75) is 51.0 Å². The van der Waals surface area contributed by atoms with Crippen molar-refractivity contribution in [1.82, 2.24) is 5.32 Å². The van der Waals surface area contributed by atoms with Gasteiger partial charge in [0.05, 0.1) is 0 Å². The van der Waals surface area contributed by atoms with Gasteiger partial charge in [-0.1, -0.05) is 31.3 Å². The lowest BCUT2D eigenvalue weighted by atomic mass is 9.80. The minimum absolute atomic E-state index is 0.0628. The Hall–Kier alpha value is -1.98. The molecule has 4 N–H and O–H groups in total. The molecule has 20 heavy (non-hydrogen) atoms. The van der Waals surface area contributed by atoms with Crippen molar-refractivity contribution >= 4 is 11.7 Å². The van der Waals surface area contributed by atoms with Crippen LogP contribution in [-0.4, -0.2) is 22.5 Å². The van der Waals surface area contributed by atoms with Gasteiger partial charge in [0.25, 0.3) is 5.91 Å². The molecule has 110 valence electrons. The second-order valence-corrected chi connectivity index (χ2v) is 5.20. The van der Waals surface area contributed by atoms with Gasteiger partial charge in [0.1, 0.15) is 11.3 Å². The van der Waals surface area contributed by atoms with Crippen LogP contribution in [0.2, 0.25) is 0 Å². The number of aryl methyl sites for hydroxylation is 1. The van der Waals surface area contributed by atoms with Crippen LogP contribution in [-0.2, 0) is 6.42 Å². The van der Waals surface area contributed by atoms with E-state index in [1.807, 2.05) is 6.92 Å². The lowest BCUT2D eigenvalue weighted by molar-refractivity contribution is 0.0875. The Morgan fingerprint density at radius 1 is 1.45 bits per heavy atom. The molecule has 1 aromatic heterocycles. The number of furan rings is 1. The number of nitrogens with two attached hydrogens (primary N) is 1. The maximum Gasteiger partial charge on any atom is 0.287 e. The van der Waals surface area contributed by atoms with Crippen LogP contribution in [0, 0.1) is 0 Å². The van der Waals surface area contributed by atoms with Gasteiger partial charge in [0.15, 0.2) is 11.6 Å². The molecule has 0 radical (unpaired) electrons. The maximum atomic E-state index is 12.3. The van der Waals surface area contributed by atoms with Crippen molar-refractivity contribution in [2.24, 2.45) is 10.9 Å². The molecule has 0 bridgehead atoms. The highest BCUT2D eigenvalue weighted by atomic mass is 16.4. The zero-order chi connectivity index (χ0) is 14.6. The summed E-state index contributed by atoms with van der Waals surface area (Å²) >= 11 is 0. The van der Waals surface area contributed by atoms with Crippen LogP contribution in [0.5, 0.6) is 0 Å². The number of rotatable bonds is 4. The fourth-order valence-corrected chi connectivity index (χ4v) is 2.67. The van der Waals surface area contributed by atoms with Crippen LogP contribution in [0.25, 0.3) is 0 Å². The molecule has 0 atom stereocenters. The van der Waals surface area contributed by atoms with Gasteiger partial charge in [-0.15, -0.1) is 0 Å². The Kier molecular flexibility index (Phi) is 4.32. The van der Waals surface area contributed by atoms with E-state index >= 15 is 0 Å². The number of amidine groups is 1. The van der Waals surface area contributed by atoms with Crippen molar-refractivity contribution < 1.29 is 14.4 Å². The summed E-state index contributed by atoms with van der Waals surface area (Å²) in [5.74, 6) is 0.764. The highest BCUT2D eigenvalue weighted by Crippen LogP contribution is 2.29. The number of hydrogen-bond acceptors (Lipinski definition) is 4. The van der Waals surface area contributed by atoms with Gasteiger partial charge >= 0.3 is 0 Å². The summed E-state index contributed by atoms with van der Waals surface area (Å²) in [5.41, 5.74) is 5.03. The van der Waals surface area contributed by atoms with Gasteiger partial charge in [-0.25, -0.2) is 0 Å². The molecule has 6 nitrogen and oxygen atoms in total. The topological polar surface area (TPSA) is 101 Å². The summed E-state index contributed by atoms with van der Waals surface area (Å²) in [6, 6.07) is 3.43. The molecule has 1 amide bonds. The second kappa shape index (κ2) is 5.98. The molecule has 0 spiro atoms. The van der Waals surface area contributed by atoms with Gasteiger partial charge < -0.3 is 20.7 Å². The maximum absolute atomic E-state index is 12.3. The van der Waals surface area contributed by atoms with Crippen LogP contribution in [0.4, 0.5) is 0 Å². The molecule has 1 aliphatic rings. The first kappa shape index (κ1) is 14.4. The Labute approximate surface area is 118 Å². The van der Waals surface area contributed by atoms with Crippen molar-refractivity contribution in [1.29, 1.82) is 0 Å². The quantitative estimate of drug-likeness (QED) is 0.339. The van der Waals surface area contributed by atoms with Gasteiger partial charge in [0.2, 0.25) is 0 Å². The van der Waals surface area contributed by atoms with E-state index in [-0.39, 0.29) is 17.5 Å². The minimum Gasteiger partial charge on any atom is -0.456 e. The molecule has 0 saturated heterocycles. The second-order valence-electron chi connectivity index (χ2n) is 5.20. The van der Waals surface area contributed by atoms with Gasteiger partial charge in [-0.05, 0) is 25.0 Å². The van der Waals surface area contributed by atoms with Gasteiger partial charge in [0, 0.05) is 6.42 Å². The largest absolute Gasteiger partial charge is 0.456 e. The molecule has 1 saturated carbocycles. The predicted molar refractivity (Wildman–Crippen MR) is 74.8 cm³/mol. The number of amides is 1. The molecule has 0 unspecified atom stereocenters. The van der Waals surface area contributed by atoms with Crippen molar-refractivity contribution in [3.8, 4) is 0 Å². The van der Waals surface area contributed by atoms with Gasteiger partial charge in [-0.3, -0.25) is 4.79 Å². The number of carbonyl (C=O) groups is 1. The zero-order valence-electron chi connectivity index (χ0n) is 11.7. The van der Waals surface area contributed by atoms with Crippen molar-refractivity contribution in [3.63, 3.8) is 0 Å². The van der Waals surface area contributed by atoms with E-state index in [2.05, 4.69) is 10.5 Å². The molecule has 6 heteroatoms. The number of hydrogen-bond donors (Lipinski definition) is 3. The van der Waals surface area contributed by atoms with E-state index in [0.29, 0.717) is 12.8 Å². The van der Waals surface area contributed by atoms with E-state index in [4.69, 9.17) is 15.4 Å². The molecular formula is C14H21N3O3. The Bertz CT molecular complexity index is 502. The summed E-state index contributed by atoms with van der Waals surface area (Å²) in [5, 5.41) is 15.0. The lowest BCUT2D eigenvalue weighted by Crippen LogP contribution is -2.58. The van der Waals surface area contributed by atoms with Crippen LogP contribution < -0.4 is 11.1 Å². The Morgan fingerprint density at radius 2 is 2.15 bits per heavy atom. The van der Waals surface area contributed by atoms with Crippen LogP contribution in [0.3, 0.4) is 0 Å². The fourth-order valence-electron chi connectivity index (χ4n) is 2.67. The van der Waals surface area contributed by atoms with Crippen molar-refractivity contribution in [3.05, 3.63) is 23.7 Å². The normalized spacial score (nSPS) is 18.8. The van der Waals surface area contributed by atoms with E-state index in [1.54, 1.807) is 12.1 Å². The average molecular weight is 279 g/mol. The van der Waals surface area contributed by atoms with E-state index in [1.165, 1.54) is 0 Å². The standard InChI is InChI=1S/C14H21N3O3/c1-2-10-6-7-11(20-10)12(18)16-14(13(15)17-19)8-4-3-5-9-14/h6-7,19H,2-5,8-9H2,1H3,(H2,15,17)(H,16,18). The van der Waals surface area contributed by atoms with Crippen molar-refractivity contribution in [2.75, 3.05) is 0 Å². The molecule has 0 aliphatic heterocycles. The fraction of sp³-hybridized carbons (Fsp3) is 0.571. The average Bonchev–Trinajstić information content (AvgIpc) is 2.96. The van der Waals surface area contributed by atoms with Crippen LogP contribution in [0.1, 0.15) is 55.3 Å². The highest BCUT2D eigenvalue weighted by Gasteiger charge is 2.38. The number of nitrogens with one attached hydrogen (secondary N) is 1. The molecule has 1 heterocycles. The first-order valence-electron chi connectivity index (χ1n) is 7.00. The predicted octanol–water partition coefficient (Wildman–Crippen LogP) is 2.02. The number of oxime groups is 1. The molecular weight excluding hydrogens is 258 g/mol. The van der Waals surface area contributed by atoms with Crippen LogP contribution >= 0.6 is 0 Å². The van der Waals surface area contributed by atoms with E-state index in [0.717, 1.165) is 31.4 Å². The third-order valence-corrected chi connectivity index (χ3v) is 3.89. The lowest BCUT2D eigenvalue weighted by Gasteiger charge is -2.36. The molecule has 1 aromatic rings. The minimum atomic E-state index is -0.761. The Morgan fingerprint density at radius 3 is 2.70 bits per heavy atom. The molecule has 0 aromatic carbocycles. The SMILES string of the molecule is CCc1ccc(C(=O)NC2(C(N)=NO)CCCCC2)o1. The van der Waals surface area contributed by atoms with E-state index < -0.39 is 5.54 Å². The van der Waals surface area contributed by atoms with Crippen LogP contribution in [0.15, 0.2) is 21.7 Å². The summed E-state index contributed by atoms with van der Waals surface area (Å²) in [6.07, 6.45) is 5.06. The molecule has 2 rings (SSSR count). The third kappa shape index (κ3) is 2.79.